The number of fused-ring (bicyclic) bond motifs is 1. The average Bonchev–Trinajstić information content (AvgIpc) is 3.66. The smallest absolute Gasteiger partial charge is 0.172 e. The summed E-state index contributed by atoms with van der Waals surface area (Å²) in [6.07, 6.45) is -8.74. The van der Waals surface area contributed by atoms with E-state index in [1.807, 2.05) is 24.3 Å². The summed E-state index contributed by atoms with van der Waals surface area (Å²) in [5.41, 5.74) is 2.98. The monoisotopic (exact) mass is 600 g/mol. The Labute approximate surface area is 225 Å². The molecular weight excluding hydrogens is 591 g/mol. The van der Waals surface area contributed by atoms with Crippen LogP contribution in [0.5, 0.6) is 0 Å². The van der Waals surface area contributed by atoms with E-state index in [9.17, 15) is 26.3 Å². The molecule has 5 aromatic heterocycles. The summed E-state index contributed by atoms with van der Waals surface area (Å²) in [5.74, 6) is 0. The van der Waals surface area contributed by atoms with Crippen molar-refractivity contribution in [2.24, 2.45) is 0 Å². The number of aromatic nitrogens is 2. The molecule has 0 bridgehead atoms. The van der Waals surface area contributed by atoms with Gasteiger partial charge in [0.2, 0.25) is 0 Å². The Balaban J connectivity index is 1.33. The van der Waals surface area contributed by atoms with Crippen molar-refractivity contribution >= 4 is 68.1 Å². The summed E-state index contributed by atoms with van der Waals surface area (Å²) in [6.45, 7) is 0. The lowest BCUT2D eigenvalue weighted by molar-refractivity contribution is -0.135. The Morgan fingerprint density at radius 2 is 0.784 bits per heavy atom. The first-order chi connectivity index (χ1) is 17.6. The van der Waals surface area contributed by atoms with Gasteiger partial charge in [0.15, 0.2) is 0 Å². The van der Waals surface area contributed by atoms with Crippen LogP contribution in [-0.2, 0) is 12.4 Å². The van der Waals surface area contributed by atoms with Crippen LogP contribution in [0.3, 0.4) is 0 Å². The Kier molecular flexibility index (Phi) is 6.03. The Bertz CT molecular complexity index is 1610. The third-order valence-electron chi connectivity index (χ3n) is 5.41. The van der Waals surface area contributed by atoms with Crippen LogP contribution in [0.4, 0.5) is 26.3 Å². The molecule has 0 unspecified atom stereocenters. The molecule has 0 aliphatic heterocycles. The number of thiophene rings is 4. The molecule has 0 N–H and O–H groups in total. The van der Waals surface area contributed by atoms with Gasteiger partial charge in [-0.05, 0) is 48.5 Å². The molecule has 0 atom stereocenters. The number of hydrogen-bond acceptors (Lipinski definition) is 7. The largest absolute Gasteiger partial charge is 0.425 e. The molecule has 6 rings (SSSR count). The van der Waals surface area contributed by atoms with Crippen LogP contribution in [-0.4, -0.2) is 8.75 Å². The highest BCUT2D eigenvalue weighted by atomic mass is 32.1. The lowest BCUT2D eigenvalue weighted by Gasteiger charge is -2.03. The fraction of sp³-hybridized carbons (Fsp3) is 0.0833. The molecule has 188 valence electrons. The van der Waals surface area contributed by atoms with Crippen LogP contribution in [0, 0.1) is 0 Å². The van der Waals surface area contributed by atoms with Gasteiger partial charge < -0.3 is 0 Å². The minimum atomic E-state index is -4.37. The lowest BCUT2D eigenvalue weighted by Crippen LogP contribution is -2.00. The van der Waals surface area contributed by atoms with Crippen molar-refractivity contribution in [2.45, 2.75) is 12.4 Å². The number of halogens is 6. The second kappa shape index (κ2) is 9.02. The molecule has 0 aliphatic carbocycles. The zero-order valence-electron chi connectivity index (χ0n) is 18.0. The second-order valence-electron chi connectivity index (χ2n) is 7.77. The summed E-state index contributed by atoms with van der Waals surface area (Å²) in [5, 5.41) is 0. The van der Waals surface area contributed by atoms with Gasteiger partial charge in [-0.15, -0.1) is 45.3 Å². The van der Waals surface area contributed by atoms with E-state index < -0.39 is 22.1 Å². The predicted octanol–water partition coefficient (Wildman–Crippen LogP) is 10.6. The normalized spacial score (nSPS) is 12.6. The number of rotatable bonds is 4. The van der Waals surface area contributed by atoms with Crippen LogP contribution < -0.4 is 0 Å². The molecule has 6 aromatic rings. The van der Waals surface area contributed by atoms with E-state index in [0.29, 0.717) is 43.5 Å². The quantitative estimate of drug-likeness (QED) is 0.188. The van der Waals surface area contributed by atoms with Crippen molar-refractivity contribution in [3.8, 4) is 40.4 Å². The van der Waals surface area contributed by atoms with E-state index >= 15 is 0 Å². The van der Waals surface area contributed by atoms with E-state index in [1.165, 1.54) is 34.8 Å². The van der Waals surface area contributed by atoms with Crippen LogP contribution in [0.25, 0.3) is 51.4 Å². The van der Waals surface area contributed by atoms with Gasteiger partial charge >= 0.3 is 12.4 Å². The molecule has 0 aliphatic rings. The molecule has 37 heavy (non-hydrogen) atoms. The molecule has 0 spiro atoms. The minimum absolute atomic E-state index is 0.543. The highest BCUT2D eigenvalue weighted by Crippen LogP contribution is 2.46. The zero-order chi connectivity index (χ0) is 25.9. The van der Waals surface area contributed by atoms with Crippen molar-refractivity contribution < 1.29 is 26.3 Å². The topological polar surface area (TPSA) is 25.8 Å². The summed E-state index contributed by atoms with van der Waals surface area (Å²) in [4.78, 5) is 2.97. The van der Waals surface area contributed by atoms with E-state index in [4.69, 9.17) is 0 Å². The van der Waals surface area contributed by atoms with Gasteiger partial charge in [-0.3, -0.25) is 0 Å². The first-order valence-electron chi connectivity index (χ1n) is 10.4. The third-order valence-corrected chi connectivity index (χ3v) is 10.8. The van der Waals surface area contributed by atoms with Crippen molar-refractivity contribution in [3.05, 3.63) is 70.4 Å². The van der Waals surface area contributed by atoms with Gasteiger partial charge in [-0.25, -0.2) is 0 Å². The summed E-state index contributed by atoms with van der Waals surface area (Å²) < 4.78 is 87.0. The van der Waals surface area contributed by atoms with E-state index in [1.54, 1.807) is 12.1 Å². The molecule has 1 aromatic carbocycles. The molecule has 0 amide bonds. The predicted molar refractivity (Wildman–Crippen MR) is 141 cm³/mol. The molecule has 0 saturated carbocycles. The fourth-order valence-corrected chi connectivity index (χ4v) is 8.31. The molecule has 5 heterocycles. The SMILES string of the molecule is FC(F)(F)c1ccc(-c2ccc(-c3ccc(-c4ccc(-c5ccc(C(F)(F)F)s5)s4)c4nsnc34)s2)s1. The van der Waals surface area contributed by atoms with Crippen LogP contribution in [0.2, 0.25) is 0 Å². The van der Waals surface area contributed by atoms with E-state index in [-0.39, 0.29) is 0 Å². The first kappa shape index (κ1) is 24.7. The van der Waals surface area contributed by atoms with E-state index in [0.717, 1.165) is 54.5 Å². The molecular formula is C24H10F6N2S5. The zero-order valence-corrected chi connectivity index (χ0v) is 22.1. The Hall–Kier alpha value is -2.58. The van der Waals surface area contributed by atoms with Gasteiger partial charge in [0.25, 0.3) is 0 Å². The lowest BCUT2D eigenvalue weighted by atomic mass is 10.1. The van der Waals surface area contributed by atoms with Crippen molar-refractivity contribution in [1.29, 1.82) is 0 Å². The highest BCUT2D eigenvalue weighted by molar-refractivity contribution is 7.24. The third kappa shape index (κ3) is 4.63. The molecule has 0 saturated heterocycles. The van der Waals surface area contributed by atoms with Crippen molar-refractivity contribution in [2.75, 3.05) is 0 Å². The minimum Gasteiger partial charge on any atom is -0.172 e. The highest BCUT2D eigenvalue weighted by Gasteiger charge is 2.33. The standard InChI is InChI=1S/C24H10F6N2S5/c25-23(26,27)19-9-7-17(35-19)15-5-3-13(33-15)11-1-2-12(22-21(11)31-37-32-22)14-4-6-16(34-14)18-8-10-20(36-18)24(28,29)30/h1-10H. The maximum Gasteiger partial charge on any atom is 0.425 e. The maximum atomic E-state index is 13.0. The summed E-state index contributed by atoms with van der Waals surface area (Å²) in [7, 11) is 0. The van der Waals surface area contributed by atoms with Gasteiger partial charge in [0.05, 0.1) is 11.7 Å². The first-order valence-corrected chi connectivity index (χ1v) is 14.4. The number of alkyl halides is 6. The summed E-state index contributed by atoms with van der Waals surface area (Å²) >= 11 is 5.23. The maximum absolute atomic E-state index is 13.0. The van der Waals surface area contributed by atoms with Crippen LogP contribution >= 0.6 is 57.1 Å². The van der Waals surface area contributed by atoms with Gasteiger partial charge in [0.1, 0.15) is 20.8 Å². The molecule has 0 fully saturated rings. The molecule has 2 nitrogen and oxygen atoms in total. The summed E-state index contributed by atoms with van der Waals surface area (Å²) in [6, 6.07) is 16.3. The number of nitrogens with zero attached hydrogens (tertiary/aromatic N) is 2. The fourth-order valence-electron chi connectivity index (χ4n) is 3.74. The average molecular weight is 601 g/mol. The van der Waals surface area contributed by atoms with Crippen LogP contribution in [0.1, 0.15) is 9.75 Å². The van der Waals surface area contributed by atoms with Gasteiger partial charge in [0, 0.05) is 40.4 Å². The molecule has 13 heteroatoms. The van der Waals surface area contributed by atoms with Crippen molar-refractivity contribution in [3.63, 3.8) is 0 Å². The van der Waals surface area contributed by atoms with Gasteiger partial charge in [-0.2, -0.15) is 35.1 Å². The van der Waals surface area contributed by atoms with Crippen LogP contribution in [0.15, 0.2) is 60.7 Å². The number of hydrogen-bond donors (Lipinski definition) is 0. The van der Waals surface area contributed by atoms with Crippen molar-refractivity contribution in [1.82, 2.24) is 8.75 Å². The van der Waals surface area contributed by atoms with E-state index in [2.05, 4.69) is 8.75 Å². The van der Waals surface area contributed by atoms with Gasteiger partial charge in [-0.1, -0.05) is 12.1 Å². The Morgan fingerprint density at radius 1 is 0.432 bits per heavy atom. The second-order valence-corrected chi connectivity index (χ2v) is 12.6. The Morgan fingerprint density at radius 3 is 1.16 bits per heavy atom. The molecule has 0 radical (unpaired) electrons. The number of benzene rings is 1.